The lowest BCUT2D eigenvalue weighted by atomic mass is 10.0. The van der Waals surface area contributed by atoms with E-state index in [9.17, 15) is 18.0 Å². The first kappa shape index (κ1) is 18.2. The van der Waals surface area contributed by atoms with Crippen LogP contribution in [0.5, 0.6) is 0 Å². The lowest BCUT2D eigenvalue weighted by Crippen LogP contribution is -2.58. The molecule has 0 spiro atoms. The van der Waals surface area contributed by atoms with Crippen LogP contribution >= 0.6 is 0 Å². The lowest BCUT2D eigenvalue weighted by molar-refractivity contribution is -0.139. The van der Waals surface area contributed by atoms with Crippen LogP contribution in [0.2, 0.25) is 0 Å². The second-order valence-electron chi connectivity index (χ2n) is 6.85. The van der Waals surface area contributed by atoms with E-state index >= 15 is 0 Å². The topological polar surface area (TPSA) is 86.8 Å². The number of hydrogen-bond acceptors (Lipinski definition) is 5. The summed E-state index contributed by atoms with van der Waals surface area (Å²) >= 11 is 0. The van der Waals surface area contributed by atoms with E-state index in [2.05, 4.69) is 5.32 Å². The smallest absolute Gasteiger partial charge is 0.237 e. The zero-order valence-corrected chi connectivity index (χ0v) is 14.8. The highest BCUT2D eigenvalue weighted by Gasteiger charge is 2.32. The molecule has 132 valence electrons. The molecule has 2 amide bonds. The molecule has 2 rings (SSSR count). The Hall–Kier alpha value is -1.15. The largest absolute Gasteiger partial charge is 0.340 e. The van der Waals surface area contributed by atoms with Gasteiger partial charge >= 0.3 is 0 Å². The van der Waals surface area contributed by atoms with Gasteiger partial charge in [0, 0.05) is 32.2 Å². The summed E-state index contributed by atoms with van der Waals surface area (Å²) in [5, 5.41) is 3.04. The van der Waals surface area contributed by atoms with Crippen LogP contribution in [-0.2, 0) is 19.4 Å². The second-order valence-corrected chi connectivity index (χ2v) is 8.96. The van der Waals surface area contributed by atoms with Crippen LogP contribution in [0.1, 0.15) is 26.7 Å². The fourth-order valence-electron chi connectivity index (χ4n) is 3.29. The quantitative estimate of drug-likeness (QED) is 0.724. The SMILES string of the molecule is CC(C)CS(=O)(=O)CC(=O)N1CCCC(N2CCNCC2=O)C1. The highest BCUT2D eigenvalue weighted by Crippen LogP contribution is 2.17. The number of nitrogens with zero attached hydrogens (tertiary/aromatic N) is 2. The van der Waals surface area contributed by atoms with Crippen molar-refractivity contribution in [3.05, 3.63) is 0 Å². The van der Waals surface area contributed by atoms with Crippen molar-refractivity contribution < 1.29 is 18.0 Å². The summed E-state index contributed by atoms with van der Waals surface area (Å²) in [6.07, 6.45) is 1.67. The van der Waals surface area contributed by atoms with Crippen molar-refractivity contribution in [1.29, 1.82) is 0 Å². The third kappa shape index (κ3) is 5.17. The van der Waals surface area contributed by atoms with E-state index in [-0.39, 0.29) is 29.5 Å². The van der Waals surface area contributed by atoms with Crippen LogP contribution in [-0.4, -0.2) is 80.3 Å². The molecule has 1 atom stereocenters. The number of rotatable bonds is 5. The maximum atomic E-state index is 12.3. The molecule has 1 unspecified atom stereocenters. The van der Waals surface area contributed by atoms with E-state index in [1.165, 1.54) is 0 Å². The van der Waals surface area contributed by atoms with Crippen molar-refractivity contribution in [3.8, 4) is 0 Å². The first-order chi connectivity index (χ1) is 10.8. The maximum absolute atomic E-state index is 12.3. The van der Waals surface area contributed by atoms with Crippen LogP contribution in [0.15, 0.2) is 0 Å². The van der Waals surface area contributed by atoms with Crippen LogP contribution in [0.3, 0.4) is 0 Å². The number of amides is 2. The summed E-state index contributed by atoms with van der Waals surface area (Å²) in [5.41, 5.74) is 0. The first-order valence-electron chi connectivity index (χ1n) is 8.27. The van der Waals surface area contributed by atoms with Gasteiger partial charge in [0.05, 0.1) is 12.3 Å². The fourth-order valence-corrected chi connectivity index (χ4v) is 4.98. The van der Waals surface area contributed by atoms with Gasteiger partial charge in [-0.05, 0) is 18.8 Å². The van der Waals surface area contributed by atoms with Crippen LogP contribution in [0.25, 0.3) is 0 Å². The van der Waals surface area contributed by atoms with Gasteiger partial charge in [-0.2, -0.15) is 0 Å². The highest BCUT2D eigenvalue weighted by molar-refractivity contribution is 7.92. The zero-order valence-electron chi connectivity index (χ0n) is 14.0. The number of hydrogen-bond donors (Lipinski definition) is 1. The molecule has 2 aliphatic heterocycles. The van der Waals surface area contributed by atoms with Gasteiger partial charge in [-0.25, -0.2) is 8.42 Å². The van der Waals surface area contributed by atoms with Crippen molar-refractivity contribution in [3.63, 3.8) is 0 Å². The van der Waals surface area contributed by atoms with Gasteiger partial charge in [-0.3, -0.25) is 9.59 Å². The molecule has 2 aliphatic rings. The minimum Gasteiger partial charge on any atom is -0.340 e. The number of piperidine rings is 1. The average Bonchev–Trinajstić information content (AvgIpc) is 2.46. The normalized spacial score (nSPS) is 23.4. The Labute approximate surface area is 138 Å². The lowest BCUT2D eigenvalue weighted by Gasteiger charge is -2.41. The van der Waals surface area contributed by atoms with Gasteiger partial charge < -0.3 is 15.1 Å². The summed E-state index contributed by atoms with van der Waals surface area (Å²) in [4.78, 5) is 27.8. The van der Waals surface area contributed by atoms with E-state index in [1.807, 2.05) is 18.7 Å². The molecule has 0 aliphatic carbocycles. The van der Waals surface area contributed by atoms with E-state index < -0.39 is 15.6 Å². The predicted octanol–water partition coefficient (Wildman–Crippen LogP) is -0.520. The molecule has 2 fully saturated rings. The number of likely N-dealkylation sites (tertiary alicyclic amines) is 1. The van der Waals surface area contributed by atoms with Crippen molar-refractivity contribution in [2.24, 2.45) is 5.92 Å². The molecule has 0 bridgehead atoms. The minimum absolute atomic E-state index is 0.00935. The third-order valence-corrected chi connectivity index (χ3v) is 6.11. The van der Waals surface area contributed by atoms with Crippen molar-refractivity contribution in [2.45, 2.75) is 32.7 Å². The Morgan fingerprint density at radius 3 is 2.74 bits per heavy atom. The summed E-state index contributed by atoms with van der Waals surface area (Å²) < 4.78 is 24.0. The molecule has 0 aromatic carbocycles. The Bertz CT molecular complexity index is 547. The maximum Gasteiger partial charge on any atom is 0.237 e. The van der Waals surface area contributed by atoms with Crippen LogP contribution in [0.4, 0.5) is 0 Å². The highest BCUT2D eigenvalue weighted by atomic mass is 32.2. The van der Waals surface area contributed by atoms with E-state index in [1.54, 1.807) is 4.90 Å². The Morgan fingerprint density at radius 2 is 2.09 bits per heavy atom. The van der Waals surface area contributed by atoms with Gasteiger partial charge in [0.1, 0.15) is 5.75 Å². The van der Waals surface area contributed by atoms with Gasteiger partial charge in [0.15, 0.2) is 9.84 Å². The Kier molecular flexibility index (Phi) is 6.02. The summed E-state index contributed by atoms with van der Waals surface area (Å²) in [6.45, 7) is 6.43. The number of carbonyl (C=O) groups is 2. The number of piperazine rings is 1. The molecule has 1 N–H and O–H groups in total. The van der Waals surface area contributed by atoms with Crippen molar-refractivity contribution >= 4 is 21.7 Å². The molecule has 2 heterocycles. The van der Waals surface area contributed by atoms with Crippen molar-refractivity contribution in [2.75, 3.05) is 44.2 Å². The van der Waals surface area contributed by atoms with E-state index in [0.29, 0.717) is 26.2 Å². The summed E-state index contributed by atoms with van der Waals surface area (Å²) in [6, 6.07) is 0.00935. The monoisotopic (exact) mass is 345 g/mol. The second kappa shape index (κ2) is 7.61. The minimum atomic E-state index is -3.36. The Balaban J connectivity index is 1.95. The van der Waals surface area contributed by atoms with Crippen LogP contribution in [0, 0.1) is 5.92 Å². The molecule has 23 heavy (non-hydrogen) atoms. The fraction of sp³-hybridized carbons (Fsp3) is 0.867. The molecular formula is C15H27N3O4S. The predicted molar refractivity (Wildman–Crippen MR) is 87.7 cm³/mol. The summed E-state index contributed by atoms with van der Waals surface area (Å²) in [5.74, 6) is -0.652. The van der Waals surface area contributed by atoms with Crippen LogP contribution < -0.4 is 5.32 Å². The molecule has 0 aromatic heterocycles. The number of sulfone groups is 1. The van der Waals surface area contributed by atoms with Gasteiger partial charge in [-0.15, -0.1) is 0 Å². The molecule has 0 aromatic rings. The van der Waals surface area contributed by atoms with E-state index in [4.69, 9.17) is 0 Å². The first-order valence-corrected chi connectivity index (χ1v) is 10.1. The molecule has 0 saturated carbocycles. The molecule has 8 heteroatoms. The molecular weight excluding hydrogens is 318 g/mol. The molecule has 0 radical (unpaired) electrons. The van der Waals surface area contributed by atoms with Crippen molar-refractivity contribution in [1.82, 2.24) is 15.1 Å². The summed E-state index contributed by atoms with van der Waals surface area (Å²) in [7, 11) is -3.36. The average molecular weight is 345 g/mol. The number of carbonyl (C=O) groups excluding carboxylic acids is 2. The number of nitrogens with one attached hydrogen (secondary N) is 1. The van der Waals surface area contributed by atoms with Gasteiger partial charge in [0.25, 0.3) is 0 Å². The zero-order chi connectivity index (χ0) is 17.0. The van der Waals surface area contributed by atoms with Gasteiger partial charge in [-0.1, -0.05) is 13.8 Å². The van der Waals surface area contributed by atoms with Gasteiger partial charge in [0.2, 0.25) is 11.8 Å². The van der Waals surface area contributed by atoms with E-state index in [0.717, 1.165) is 19.4 Å². The standard InChI is InChI=1S/C15H27N3O4S/c1-12(2)10-23(21,22)11-15(20)17-6-3-4-13(9-17)18-7-5-16-8-14(18)19/h12-13,16H,3-11H2,1-2H3. The molecule has 7 nitrogen and oxygen atoms in total. The third-order valence-electron chi connectivity index (χ3n) is 4.25. The Morgan fingerprint density at radius 1 is 1.35 bits per heavy atom. The molecule has 2 saturated heterocycles.